The minimum atomic E-state index is -0.240. The molecule has 2 heterocycles. The van der Waals surface area contributed by atoms with Crippen molar-refractivity contribution in [2.45, 2.75) is 40.2 Å². The molecule has 2 aromatic carbocycles. The molecule has 0 spiro atoms. The number of carbonyl (C=O) groups excluding carboxylic acids is 1. The van der Waals surface area contributed by atoms with E-state index >= 15 is 0 Å². The molecule has 3 aromatic rings. The molecule has 0 atom stereocenters. The summed E-state index contributed by atoms with van der Waals surface area (Å²) in [7, 11) is 0. The Balaban J connectivity index is 1.58. The number of amides is 1. The van der Waals surface area contributed by atoms with Crippen molar-refractivity contribution in [2.24, 2.45) is 5.10 Å². The van der Waals surface area contributed by atoms with Gasteiger partial charge in [0.2, 0.25) is 0 Å². The summed E-state index contributed by atoms with van der Waals surface area (Å²) in [5.41, 5.74) is 9.90. The fraction of sp³-hybridized carbons (Fsp3) is 0.259. The fourth-order valence-corrected chi connectivity index (χ4v) is 4.57. The van der Waals surface area contributed by atoms with Crippen molar-refractivity contribution in [3.8, 4) is 5.69 Å². The summed E-state index contributed by atoms with van der Waals surface area (Å²) in [4.78, 5) is 15.2. The molecule has 0 saturated heterocycles. The Bertz CT molecular complexity index is 1200. The van der Waals surface area contributed by atoms with Gasteiger partial charge in [-0.15, -0.1) is 0 Å². The number of hydrazone groups is 1. The highest BCUT2D eigenvalue weighted by molar-refractivity contribution is 5.98. The van der Waals surface area contributed by atoms with Gasteiger partial charge in [0.15, 0.2) is 0 Å². The predicted molar refractivity (Wildman–Crippen MR) is 133 cm³/mol. The molecular formula is C27H30N4O. The quantitative estimate of drug-likeness (QED) is 0.428. The van der Waals surface area contributed by atoms with E-state index < -0.39 is 0 Å². The van der Waals surface area contributed by atoms with Crippen molar-refractivity contribution >= 4 is 23.4 Å². The summed E-state index contributed by atoms with van der Waals surface area (Å²) in [6.45, 7) is 11.9. The maximum atomic E-state index is 12.8. The molecule has 4 rings (SSSR count). The monoisotopic (exact) mass is 426 g/mol. The number of nitrogens with zero attached hydrogens (tertiary/aromatic N) is 3. The molecule has 0 unspecified atom stereocenters. The molecule has 0 bridgehead atoms. The lowest BCUT2D eigenvalue weighted by atomic mass is 9.87. The molecule has 1 N–H and O–H groups in total. The van der Waals surface area contributed by atoms with Gasteiger partial charge in [0.1, 0.15) is 0 Å². The number of allylic oxidation sites excluding steroid dienone is 1. The number of benzene rings is 2. The van der Waals surface area contributed by atoms with Gasteiger partial charge in [-0.3, -0.25) is 4.79 Å². The number of aryl methyl sites for hydroxylation is 1. The largest absolute Gasteiger partial charge is 0.363 e. The maximum Gasteiger partial charge on any atom is 0.273 e. The van der Waals surface area contributed by atoms with Crippen LogP contribution in [0.15, 0.2) is 72.1 Å². The Morgan fingerprint density at radius 2 is 1.78 bits per heavy atom. The summed E-state index contributed by atoms with van der Waals surface area (Å²) >= 11 is 0. The summed E-state index contributed by atoms with van der Waals surface area (Å²) in [6, 6.07) is 15.8. The second-order valence-electron chi connectivity index (χ2n) is 8.76. The first kappa shape index (κ1) is 21.6. The Labute approximate surface area is 190 Å². The van der Waals surface area contributed by atoms with Crippen LogP contribution in [0.1, 0.15) is 54.7 Å². The number of hydrogen-bond donors (Lipinski definition) is 1. The molecule has 164 valence electrons. The Hall–Kier alpha value is -3.60. The third-order valence-electron chi connectivity index (χ3n) is 6.08. The van der Waals surface area contributed by atoms with Crippen molar-refractivity contribution < 1.29 is 4.79 Å². The molecule has 0 saturated carbocycles. The number of rotatable bonds is 5. The first-order valence-electron chi connectivity index (χ1n) is 11.0. The van der Waals surface area contributed by atoms with Crippen LogP contribution in [0.5, 0.6) is 0 Å². The molecule has 32 heavy (non-hydrogen) atoms. The van der Waals surface area contributed by atoms with Crippen LogP contribution in [0.2, 0.25) is 0 Å². The predicted octanol–water partition coefficient (Wildman–Crippen LogP) is 5.57. The third kappa shape index (κ3) is 3.98. The molecule has 5 nitrogen and oxygen atoms in total. The summed E-state index contributed by atoms with van der Waals surface area (Å²) in [5.74, 6) is -0.240. The van der Waals surface area contributed by atoms with Gasteiger partial charge in [0.25, 0.3) is 5.91 Å². The lowest BCUT2D eigenvalue weighted by Crippen LogP contribution is -2.45. The van der Waals surface area contributed by atoms with Crippen molar-refractivity contribution in [3.05, 3.63) is 89.3 Å². The van der Waals surface area contributed by atoms with Crippen LogP contribution in [0, 0.1) is 6.92 Å². The normalized spacial score (nSPS) is 14.9. The van der Waals surface area contributed by atoms with E-state index in [4.69, 9.17) is 0 Å². The van der Waals surface area contributed by atoms with E-state index in [-0.39, 0.29) is 11.4 Å². The van der Waals surface area contributed by atoms with Crippen LogP contribution in [0.25, 0.3) is 11.3 Å². The van der Waals surface area contributed by atoms with Gasteiger partial charge in [-0.2, -0.15) is 5.10 Å². The molecule has 0 aliphatic carbocycles. The number of fused-ring (bicyclic) bond motifs is 1. The van der Waals surface area contributed by atoms with Crippen LogP contribution in [0.3, 0.4) is 0 Å². The van der Waals surface area contributed by atoms with E-state index in [1.807, 2.05) is 47.3 Å². The standard InChI is InChI=1S/C27H30N4O/c1-6-31-25-15-19(2)21(16-23(25)20(3)17-27(31,4)5)18-28-29-26(32)22-11-7-8-12-24(22)30-13-9-10-14-30/h7-18H,6H2,1-5H3,(H,29,32)/b28-18-. The SMILES string of the molecule is CCN1c2cc(C)c(/C=N\NC(=O)c3ccccc3-n3cccc3)cc2C(C)=CC1(C)C. The first-order valence-corrected chi connectivity index (χ1v) is 11.0. The van der Waals surface area contributed by atoms with Crippen molar-refractivity contribution in [3.63, 3.8) is 0 Å². The van der Waals surface area contributed by atoms with Gasteiger partial charge in [0.05, 0.1) is 23.0 Å². The van der Waals surface area contributed by atoms with E-state index in [1.54, 1.807) is 12.3 Å². The van der Waals surface area contributed by atoms with Crippen molar-refractivity contribution in [2.75, 3.05) is 11.4 Å². The van der Waals surface area contributed by atoms with E-state index in [0.29, 0.717) is 5.56 Å². The van der Waals surface area contributed by atoms with Gasteiger partial charge >= 0.3 is 0 Å². The topological polar surface area (TPSA) is 49.6 Å². The molecule has 1 aliphatic heterocycles. The molecule has 1 aliphatic rings. The number of anilines is 1. The highest BCUT2D eigenvalue weighted by Gasteiger charge is 2.30. The highest BCUT2D eigenvalue weighted by Crippen LogP contribution is 2.39. The van der Waals surface area contributed by atoms with Gasteiger partial charge in [-0.25, -0.2) is 5.43 Å². The summed E-state index contributed by atoms with van der Waals surface area (Å²) < 4.78 is 1.92. The van der Waals surface area contributed by atoms with Gasteiger partial charge in [0, 0.05) is 30.2 Å². The molecule has 1 amide bonds. The first-order chi connectivity index (χ1) is 15.3. The minimum absolute atomic E-state index is 0.0189. The molecule has 1 aromatic heterocycles. The molecule has 5 heteroatoms. The van der Waals surface area contributed by atoms with Crippen LogP contribution < -0.4 is 10.3 Å². The van der Waals surface area contributed by atoms with Crippen LogP contribution in [-0.2, 0) is 0 Å². The molecular weight excluding hydrogens is 396 g/mol. The van der Waals surface area contributed by atoms with Gasteiger partial charge in [-0.05, 0) is 87.7 Å². The number of carbonyl (C=O) groups is 1. The Morgan fingerprint density at radius 3 is 2.50 bits per heavy atom. The zero-order chi connectivity index (χ0) is 22.9. The number of para-hydroxylation sites is 1. The second kappa shape index (κ2) is 8.50. The lowest BCUT2D eigenvalue weighted by molar-refractivity contribution is 0.0955. The summed E-state index contributed by atoms with van der Waals surface area (Å²) in [6.07, 6.45) is 7.88. The Morgan fingerprint density at radius 1 is 1.06 bits per heavy atom. The van der Waals surface area contributed by atoms with Crippen molar-refractivity contribution in [1.29, 1.82) is 0 Å². The fourth-order valence-electron chi connectivity index (χ4n) is 4.57. The lowest BCUT2D eigenvalue weighted by Gasteiger charge is -2.43. The minimum Gasteiger partial charge on any atom is -0.363 e. The van der Waals surface area contributed by atoms with E-state index in [0.717, 1.165) is 23.4 Å². The van der Waals surface area contributed by atoms with Crippen LogP contribution in [-0.4, -0.2) is 28.8 Å². The second-order valence-corrected chi connectivity index (χ2v) is 8.76. The summed E-state index contributed by atoms with van der Waals surface area (Å²) in [5, 5.41) is 4.28. The van der Waals surface area contributed by atoms with E-state index in [9.17, 15) is 4.79 Å². The highest BCUT2D eigenvalue weighted by atomic mass is 16.2. The van der Waals surface area contributed by atoms with Gasteiger partial charge < -0.3 is 9.47 Å². The smallest absolute Gasteiger partial charge is 0.273 e. The van der Waals surface area contributed by atoms with E-state index in [1.165, 1.54) is 16.8 Å². The number of hydrogen-bond acceptors (Lipinski definition) is 3. The zero-order valence-corrected chi connectivity index (χ0v) is 19.4. The average molecular weight is 427 g/mol. The maximum absolute atomic E-state index is 12.8. The Kier molecular flexibility index (Phi) is 5.74. The number of likely N-dealkylation sites (N-methyl/N-ethyl adjacent to an activating group) is 1. The zero-order valence-electron chi connectivity index (χ0n) is 19.4. The number of nitrogens with one attached hydrogen (secondary N) is 1. The van der Waals surface area contributed by atoms with E-state index in [2.05, 4.69) is 68.3 Å². The molecule has 0 fully saturated rings. The van der Waals surface area contributed by atoms with Crippen molar-refractivity contribution in [1.82, 2.24) is 9.99 Å². The third-order valence-corrected chi connectivity index (χ3v) is 6.08. The van der Waals surface area contributed by atoms with Gasteiger partial charge in [-0.1, -0.05) is 18.2 Å². The molecule has 0 radical (unpaired) electrons. The van der Waals surface area contributed by atoms with Crippen LogP contribution in [0.4, 0.5) is 5.69 Å². The van der Waals surface area contributed by atoms with Crippen LogP contribution >= 0.6 is 0 Å². The number of aromatic nitrogens is 1. The average Bonchev–Trinajstić information content (AvgIpc) is 3.29.